The number of nitrogens with zero attached hydrogens (tertiary/aromatic N) is 4. The van der Waals surface area contributed by atoms with Crippen LogP contribution in [0.5, 0.6) is 0 Å². The molecule has 0 aliphatic carbocycles. The molecule has 106 valence electrons. The molecule has 0 atom stereocenters. The lowest BCUT2D eigenvalue weighted by molar-refractivity contribution is 0.0464. The van der Waals surface area contributed by atoms with Crippen molar-refractivity contribution in [2.45, 2.75) is 13.5 Å². The van der Waals surface area contributed by atoms with E-state index in [1.807, 2.05) is 0 Å². The molecule has 0 fully saturated rings. The van der Waals surface area contributed by atoms with Gasteiger partial charge in [0.1, 0.15) is 12.3 Å². The van der Waals surface area contributed by atoms with Crippen molar-refractivity contribution >= 4 is 22.3 Å². The molecule has 3 heterocycles. The van der Waals surface area contributed by atoms with Gasteiger partial charge in [-0.1, -0.05) is 17.4 Å². The Bertz CT molecular complexity index is 857. The molecule has 0 N–H and O–H groups in total. The topological polar surface area (TPSA) is 86.5 Å². The molecular weight excluding hydrogens is 292 g/mol. The number of aromatic nitrogens is 4. The van der Waals surface area contributed by atoms with E-state index in [2.05, 4.69) is 15.1 Å². The zero-order valence-corrected chi connectivity index (χ0v) is 11.8. The van der Waals surface area contributed by atoms with E-state index in [1.54, 1.807) is 25.1 Å². The molecule has 0 amide bonds. The second-order valence-corrected chi connectivity index (χ2v) is 5.26. The van der Waals surface area contributed by atoms with Crippen molar-refractivity contribution in [2.24, 2.45) is 0 Å². The van der Waals surface area contributed by atoms with Crippen LogP contribution < -0.4 is 5.56 Å². The third kappa shape index (κ3) is 2.79. The van der Waals surface area contributed by atoms with Crippen molar-refractivity contribution in [3.63, 3.8) is 0 Å². The quantitative estimate of drug-likeness (QED) is 0.676. The predicted molar refractivity (Wildman–Crippen MR) is 75.2 cm³/mol. The number of pyridine rings is 1. The van der Waals surface area contributed by atoms with E-state index in [0.717, 1.165) is 0 Å². The maximum absolute atomic E-state index is 11.8. The Kier molecular flexibility index (Phi) is 3.44. The van der Waals surface area contributed by atoms with Crippen LogP contribution in [0.4, 0.5) is 0 Å². The van der Waals surface area contributed by atoms with Gasteiger partial charge < -0.3 is 4.74 Å². The summed E-state index contributed by atoms with van der Waals surface area (Å²) in [5.41, 5.74) is 0.599. The first-order valence-electron chi connectivity index (χ1n) is 6.08. The van der Waals surface area contributed by atoms with Gasteiger partial charge in [-0.2, -0.15) is 9.61 Å². The number of carbonyl (C=O) groups is 1. The third-order valence-electron chi connectivity index (χ3n) is 2.62. The van der Waals surface area contributed by atoms with E-state index < -0.39 is 5.97 Å². The van der Waals surface area contributed by atoms with E-state index in [1.165, 1.54) is 28.1 Å². The zero-order chi connectivity index (χ0) is 14.8. The minimum absolute atomic E-state index is 0.0259. The van der Waals surface area contributed by atoms with Crippen molar-refractivity contribution in [2.75, 3.05) is 0 Å². The fourth-order valence-corrected chi connectivity index (χ4v) is 2.56. The summed E-state index contributed by atoms with van der Waals surface area (Å²) in [6.07, 6.45) is 1.51. The lowest BCUT2D eigenvalue weighted by Crippen LogP contribution is -2.14. The van der Waals surface area contributed by atoms with Crippen molar-refractivity contribution in [1.82, 2.24) is 19.6 Å². The maximum atomic E-state index is 11.8. The highest BCUT2D eigenvalue weighted by Gasteiger charge is 2.12. The minimum atomic E-state index is -0.536. The number of carbonyl (C=O) groups excluding carboxylic acids is 1. The van der Waals surface area contributed by atoms with Crippen LogP contribution in [-0.4, -0.2) is 25.6 Å². The molecular formula is C13H10N4O3S. The Morgan fingerprint density at radius 2 is 2.29 bits per heavy atom. The van der Waals surface area contributed by atoms with E-state index in [9.17, 15) is 9.59 Å². The number of rotatable bonds is 3. The van der Waals surface area contributed by atoms with Gasteiger partial charge in [0, 0.05) is 18.0 Å². The van der Waals surface area contributed by atoms with Gasteiger partial charge >= 0.3 is 5.97 Å². The van der Waals surface area contributed by atoms with Gasteiger partial charge in [-0.25, -0.2) is 14.8 Å². The predicted octanol–water partition coefficient (Wildman–Crippen LogP) is 1.21. The van der Waals surface area contributed by atoms with Crippen LogP contribution in [0.2, 0.25) is 0 Å². The van der Waals surface area contributed by atoms with Crippen molar-refractivity contribution < 1.29 is 9.53 Å². The van der Waals surface area contributed by atoms with Gasteiger partial charge in [0.15, 0.2) is 5.01 Å². The first-order chi connectivity index (χ1) is 10.1. The summed E-state index contributed by atoms with van der Waals surface area (Å²) in [5.74, 6) is -0.536. The Morgan fingerprint density at radius 3 is 3.05 bits per heavy atom. The molecule has 0 unspecified atom stereocenters. The SMILES string of the molecule is Cc1cc(=O)n2nc(COC(=O)c3ccccn3)sc2n1. The molecule has 0 saturated carbocycles. The maximum Gasteiger partial charge on any atom is 0.357 e. The van der Waals surface area contributed by atoms with Crippen molar-refractivity contribution in [3.05, 3.63) is 57.2 Å². The number of hydrogen-bond donors (Lipinski definition) is 0. The molecule has 7 nitrogen and oxygen atoms in total. The molecule has 0 aliphatic rings. The average molecular weight is 302 g/mol. The van der Waals surface area contributed by atoms with Gasteiger partial charge in [0.05, 0.1) is 0 Å². The molecule has 0 radical (unpaired) electrons. The molecule has 8 heteroatoms. The lowest BCUT2D eigenvalue weighted by atomic mass is 10.4. The van der Waals surface area contributed by atoms with Gasteiger partial charge in [0.2, 0.25) is 4.96 Å². The highest BCUT2D eigenvalue weighted by molar-refractivity contribution is 7.16. The van der Waals surface area contributed by atoms with Gasteiger partial charge in [-0.15, -0.1) is 0 Å². The first-order valence-corrected chi connectivity index (χ1v) is 6.90. The van der Waals surface area contributed by atoms with Crippen LogP contribution in [0, 0.1) is 6.92 Å². The smallest absolute Gasteiger partial charge is 0.357 e. The molecule has 21 heavy (non-hydrogen) atoms. The van der Waals surface area contributed by atoms with Crippen LogP contribution in [0.25, 0.3) is 4.96 Å². The Hall–Kier alpha value is -2.61. The monoisotopic (exact) mass is 302 g/mol. The van der Waals surface area contributed by atoms with E-state index in [-0.39, 0.29) is 17.9 Å². The van der Waals surface area contributed by atoms with E-state index in [0.29, 0.717) is 15.7 Å². The normalized spacial score (nSPS) is 10.7. The van der Waals surface area contributed by atoms with Gasteiger partial charge in [0.25, 0.3) is 5.56 Å². The van der Waals surface area contributed by atoms with Gasteiger partial charge in [-0.05, 0) is 19.1 Å². The first kappa shape index (κ1) is 13.4. The number of hydrogen-bond acceptors (Lipinski definition) is 7. The standard InChI is InChI=1S/C13H10N4O3S/c1-8-6-11(18)17-13(15-8)21-10(16-17)7-20-12(19)9-4-2-3-5-14-9/h2-6H,7H2,1H3. The molecule has 3 aromatic heterocycles. The van der Waals surface area contributed by atoms with Crippen LogP contribution in [0.15, 0.2) is 35.3 Å². The molecule has 0 aliphatic heterocycles. The second-order valence-electron chi connectivity index (χ2n) is 4.22. The van der Waals surface area contributed by atoms with Gasteiger partial charge in [-0.3, -0.25) is 4.79 Å². The highest BCUT2D eigenvalue weighted by atomic mass is 32.1. The van der Waals surface area contributed by atoms with Crippen LogP contribution in [0.1, 0.15) is 21.2 Å². The van der Waals surface area contributed by atoms with Crippen LogP contribution >= 0.6 is 11.3 Å². The van der Waals surface area contributed by atoms with Crippen LogP contribution in [0.3, 0.4) is 0 Å². The zero-order valence-electron chi connectivity index (χ0n) is 11.0. The van der Waals surface area contributed by atoms with E-state index in [4.69, 9.17) is 4.74 Å². The van der Waals surface area contributed by atoms with Crippen LogP contribution in [-0.2, 0) is 11.3 Å². The molecule has 3 aromatic rings. The minimum Gasteiger partial charge on any atom is -0.453 e. The summed E-state index contributed by atoms with van der Waals surface area (Å²) in [6.45, 7) is 1.71. The third-order valence-corrected chi connectivity index (χ3v) is 3.50. The van der Waals surface area contributed by atoms with E-state index >= 15 is 0 Å². The fraction of sp³-hybridized carbons (Fsp3) is 0.154. The summed E-state index contributed by atoms with van der Waals surface area (Å²) >= 11 is 1.21. The summed E-state index contributed by atoms with van der Waals surface area (Å²) in [5, 5.41) is 4.58. The molecule has 3 rings (SSSR count). The summed E-state index contributed by atoms with van der Waals surface area (Å²) in [6, 6.07) is 6.38. The van der Waals surface area contributed by atoms with Crippen molar-refractivity contribution in [3.8, 4) is 0 Å². The summed E-state index contributed by atoms with van der Waals surface area (Å²) < 4.78 is 6.31. The highest BCUT2D eigenvalue weighted by Crippen LogP contribution is 2.13. The molecule has 0 bridgehead atoms. The molecule has 0 aromatic carbocycles. The molecule has 0 spiro atoms. The summed E-state index contributed by atoms with van der Waals surface area (Å²) in [4.78, 5) is 32.1. The second kappa shape index (κ2) is 5.41. The Morgan fingerprint density at radius 1 is 1.43 bits per heavy atom. The lowest BCUT2D eigenvalue weighted by Gasteiger charge is -2.00. The number of fused-ring (bicyclic) bond motifs is 1. The fourth-order valence-electron chi connectivity index (χ4n) is 1.70. The number of aryl methyl sites for hydroxylation is 1. The number of esters is 1. The average Bonchev–Trinajstić information content (AvgIpc) is 2.89. The Balaban J connectivity index is 1.78. The summed E-state index contributed by atoms with van der Waals surface area (Å²) in [7, 11) is 0. The van der Waals surface area contributed by atoms with Crippen molar-refractivity contribution in [1.29, 1.82) is 0 Å². The Labute approximate surface area is 122 Å². The number of ether oxygens (including phenoxy) is 1. The largest absolute Gasteiger partial charge is 0.453 e. The molecule has 0 saturated heterocycles.